The van der Waals surface area contributed by atoms with Crippen LogP contribution in [0.25, 0.3) is 11.6 Å². The van der Waals surface area contributed by atoms with Gasteiger partial charge in [-0.3, -0.25) is 4.79 Å². The van der Waals surface area contributed by atoms with Crippen molar-refractivity contribution < 1.29 is 23.8 Å². The molecule has 4 heterocycles. The number of rotatable bonds is 5. The molecule has 4 rings (SSSR count). The molecule has 30 heavy (non-hydrogen) atoms. The summed E-state index contributed by atoms with van der Waals surface area (Å²) in [5, 5.41) is 10.8. The first-order valence-electron chi connectivity index (χ1n) is 9.77. The second-order valence-electron chi connectivity index (χ2n) is 7.14. The summed E-state index contributed by atoms with van der Waals surface area (Å²) in [6.45, 7) is 2.70. The minimum atomic E-state index is -0.693. The topological polar surface area (TPSA) is 131 Å². The number of furan rings is 1. The van der Waals surface area contributed by atoms with Crippen molar-refractivity contribution in [3.63, 3.8) is 0 Å². The van der Waals surface area contributed by atoms with Crippen molar-refractivity contribution in [2.45, 2.75) is 19.8 Å². The Labute approximate surface area is 172 Å². The molecular weight excluding hydrogens is 388 g/mol. The summed E-state index contributed by atoms with van der Waals surface area (Å²) < 4.78 is 11.0. The number of hydrogen-bond acceptors (Lipinski definition) is 8. The Morgan fingerprint density at radius 2 is 2.30 bits per heavy atom. The number of anilines is 1. The van der Waals surface area contributed by atoms with Crippen molar-refractivity contribution in [1.82, 2.24) is 4.98 Å². The zero-order chi connectivity index (χ0) is 21.3. The van der Waals surface area contributed by atoms with Crippen molar-refractivity contribution in [3.8, 4) is 5.75 Å². The van der Waals surface area contributed by atoms with E-state index in [0.717, 1.165) is 5.56 Å². The molecule has 1 unspecified atom stereocenters. The van der Waals surface area contributed by atoms with Crippen LogP contribution in [0.5, 0.6) is 5.75 Å². The molecule has 1 atom stereocenters. The molecule has 156 valence electrons. The summed E-state index contributed by atoms with van der Waals surface area (Å²) in [6, 6.07) is 3.65. The van der Waals surface area contributed by atoms with Gasteiger partial charge in [0.1, 0.15) is 0 Å². The lowest BCUT2D eigenvalue weighted by Crippen LogP contribution is -2.41. The molecule has 0 aromatic carbocycles. The minimum absolute atomic E-state index is 0.0600. The number of piperidine rings is 1. The molecule has 0 bridgehead atoms. The van der Waals surface area contributed by atoms with Crippen molar-refractivity contribution in [1.29, 1.82) is 0 Å². The predicted molar refractivity (Wildman–Crippen MR) is 111 cm³/mol. The van der Waals surface area contributed by atoms with Crippen molar-refractivity contribution in [3.05, 3.63) is 35.2 Å². The molecule has 2 aromatic rings. The van der Waals surface area contributed by atoms with E-state index >= 15 is 0 Å². The first-order valence-corrected chi connectivity index (χ1v) is 9.77. The van der Waals surface area contributed by atoms with Gasteiger partial charge in [0.05, 0.1) is 12.5 Å². The third-order valence-electron chi connectivity index (χ3n) is 5.19. The number of carbonyl (C=O) groups excluding carboxylic acids is 2. The molecule has 1 saturated heterocycles. The van der Waals surface area contributed by atoms with Gasteiger partial charge in [-0.15, -0.1) is 0 Å². The van der Waals surface area contributed by atoms with Gasteiger partial charge in [-0.2, -0.15) is 0 Å². The summed E-state index contributed by atoms with van der Waals surface area (Å²) >= 11 is 0. The maximum atomic E-state index is 12.6. The third kappa shape index (κ3) is 3.54. The van der Waals surface area contributed by atoms with Crippen LogP contribution in [-0.4, -0.2) is 47.9 Å². The highest BCUT2D eigenvalue weighted by Gasteiger charge is 2.33. The molecule has 3 N–H and O–H groups in total. The summed E-state index contributed by atoms with van der Waals surface area (Å²) in [6.07, 6.45) is 6.25. The van der Waals surface area contributed by atoms with Crippen molar-refractivity contribution in [2.24, 2.45) is 16.6 Å². The molecule has 2 aliphatic heterocycles. The van der Waals surface area contributed by atoms with E-state index in [1.54, 1.807) is 36.4 Å². The third-order valence-corrected chi connectivity index (χ3v) is 5.19. The first-order chi connectivity index (χ1) is 14.5. The van der Waals surface area contributed by atoms with Crippen molar-refractivity contribution in [2.75, 3.05) is 24.6 Å². The van der Waals surface area contributed by atoms with E-state index in [0.29, 0.717) is 37.3 Å². The lowest BCUT2D eigenvalue weighted by Gasteiger charge is -2.31. The van der Waals surface area contributed by atoms with Crippen LogP contribution in [0.2, 0.25) is 0 Å². The molecule has 2 aromatic heterocycles. The maximum Gasteiger partial charge on any atom is 0.347 e. The number of aliphatic imine (C=N–C) groups is 1. The first kappa shape index (κ1) is 19.7. The number of pyridine rings is 1. The second kappa shape index (κ2) is 8.02. The van der Waals surface area contributed by atoms with Gasteiger partial charge < -0.3 is 24.9 Å². The number of aromatic nitrogens is 1. The van der Waals surface area contributed by atoms with Crippen LogP contribution in [0.15, 0.2) is 27.7 Å². The van der Waals surface area contributed by atoms with E-state index in [2.05, 4.69) is 9.98 Å². The van der Waals surface area contributed by atoms with E-state index in [1.165, 1.54) is 0 Å². The summed E-state index contributed by atoms with van der Waals surface area (Å²) in [4.78, 5) is 34.4. The largest absolute Gasteiger partial charge is 0.504 e. The van der Waals surface area contributed by atoms with E-state index < -0.39 is 11.9 Å². The molecular formula is C21H22N4O5. The molecule has 1 amide bonds. The molecule has 9 heteroatoms. The molecule has 0 aliphatic carbocycles. The van der Waals surface area contributed by atoms with Crippen molar-refractivity contribution >= 4 is 41.4 Å². The highest BCUT2D eigenvalue weighted by Crippen LogP contribution is 2.40. The average molecular weight is 410 g/mol. The van der Waals surface area contributed by atoms with Crippen LogP contribution >= 0.6 is 0 Å². The SMILES string of the molecule is CCOC(=O)c1c(N2CCCC(C(N)=O)C2)oc(C=C2C=Nc3ncccc32)c1O. The zero-order valence-electron chi connectivity index (χ0n) is 16.5. The smallest absolute Gasteiger partial charge is 0.347 e. The number of primary amides is 1. The highest BCUT2D eigenvalue weighted by molar-refractivity contribution is 6.21. The lowest BCUT2D eigenvalue weighted by atomic mass is 9.97. The number of nitrogens with zero attached hydrogens (tertiary/aromatic N) is 3. The van der Waals surface area contributed by atoms with Crippen LogP contribution in [0, 0.1) is 5.92 Å². The Morgan fingerprint density at radius 1 is 1.47 bits per heavy atom. The predicted octanol–water partition coefficient (Wildman–Crippen LogP) is 2.52. The number of esters is 1. The highest BCUT2D eigenvalue weighted by atomic mass is 16.5. The molecule has 9 nitrogen and oxygen atoms in total. The number of carbonyl (C=O) groups is 2. The van der Waals surface area contributed by atoms with Gasteiger partial charge in [0.15, 0.2) is 22.9 Å². The monoisotopic (exact) mass is 410 g/mol. The fraction of sp³-hybridized carbons (Fsp3) is 0.333. The average Bonchev–Trinajstić information content (AvgIpc) is 3.30. The Bertz CT molecular complexity index is 1060. The lowest BCUT2D eigenvalue weighted by molar-refractivity contribution is -0.122. The normalized spacial score (nSPS) is 19.2. The molecule has 0 radical (unpaired) electrons. The van der Waals surface area contributed by atoms with Gasteiger partial charge in [0, 0.05) is 36.6 Å². The van der Waals surface area contributed by atoms with Crippen LogP contribution in [0.3, 0.4) is 0 Å². The Balaban J connectivity index is 1.75. The minimum Gasteiger partial charge on any atom is -0.504 e. The van der Waals surface area contributed by atoms with Gasteiger partial charge in [0.2, 0.25) is 11.8 Å². The van der Waals surface area contributed by atoms with Gasteiger partial charge in [0.25, 0.3) is 0 Å². The van der Waals surface area contributed by atoms with E-state index in [1.807, 2.05) is 6.07 Å². The van der Waals surface area contributed by atoms with Crippen LogP contribution in [0.4, 0.5) is 11.7 Å². The fourth-order valence-electron chi connectivity index (χ4n) is 3.71. The second-order valence-corrected chi connectivity index (χ2v) is 7.14. The maximum absolute atomic E-state index is 12.6. The van der Waals surface area contributed by atoms with E-state index in [4.69, 9.17) is 14.9 Å². The molecule has 1 fully saturated rings. The number of allylic oxidation sites excluding steroid dienone is 1. The van der Waals surface area contributed by atoms with Gasteiger partial charge in [-0.25, -0.2) is 14.8 Å². The quantitative estimate of drug-likeness (QED) is 0.724. The van der Waals surface area contributed by atoms with Gasteiger partial charge in [-0.05, 0) is 38.0 Å². The molecule has 0 saturated carbocycles. The summed E-state index contributed by atoms with van der Waals surface area (Å²) in [7, 11) is 0. The number of amides is 1. The number of aromatic hydroxyl groups is 1. The Hall–Kier alpha value is -3.62. The molecule has 0 spiro atoms. The zero-order valence-corrected chi connectivity index (χ0v) is 16.5. The standard InChI is InChI=1S/C21H22N4O5/c1-2-29-21(28)16-17(26)15(9-13-10-24-19-14(13)6-3-7-23-19)30-20(16)25-8-4-5-12(11-25)18(22)27/h3,6-7,9-10,12,26H,2,4-5,8,11H2,1H3,(H2,22,27). The van der Waals surface area contributed by atoms with E-state index in [9.17, 15) is 14.7 Å². The summed E-state index contributed by atoms with van der Waals surface area (Å²) in [5.41, 5.74) is 6.90. The number of hydrogen-bond donors (Lipinski definition) is 2. The van der Waals surface area contributed by atoms with Gasteiger partial charge >= 0.3 is 5.97 Å². The Morgan fingerprint density at radius 3 is 3.07 bits per heavy atom. The van der Waals surface area contributed by atoms with E-state index in [-0.39, 0.29) is 35.5 Å². The molecule has 2 aliphatic rings. The Kier molecular flexibility index (Phi) is 5.26. The number of fused-ring (bicyclic) bond motifs is 1. The van der Waals surface area contributed by atoms with Crippen LogP contribution in [-0.2, 0) is 9.53 Å². The fourth-order valence-corrected chi connectivity index (χ4v) is 3.71. The number of ether oxygens (including phenoxy) is 1. The number of nitrogens with two attached hydrogens (primary N) is 1. The van der Waals surface area contributed by atoms with Crippen LogP contribution < -0.4 is 10.6 Å². The summed E-state index contributed by atoms with van der Waals surface area (Å²) in [5.74, 6) is -0.923. The van der Waals surface area contributed by atoms with Crippen LogP contribution in [0.1, 0.15) is 41.4 Å². The van der Waals surface area contributed by atoms with Gasteiger partial charge in [-0.1, -0.05) is 0 Å².